The van der Waals surface area contributed by atoms with Crippen molar-refractivity contribution in [1.82, 2.24) is 9.03 Å². The van der Waals surface area contributed by atoms with Crippen LogP contribution in [0.1, 0.15) is 22.8 Å². The number of benzene rings is 1. The minimum atomic E-state index is -5.11. The largest absolute Gasteiger partial charge is 0.411 e. The van der Waals surface area contributed by atoms with Crippen LogP contribution in [0.4, 0.5) is 17.6 Å². The minimum Gasteiger partial charge on any atom is -0.268 e. The van der Waals surface area contributed by atoms with Gasteiger partial charge >= 0.3 is 16.4 Å². The van der Waals surface area contributed by atoms with E-state index in [9.17, 15) is 30.8 Å². The number of rotatable bonds is 5. The van der Waals surface area contributed by atoms with Crippen LogP contribution < -0.4 is 4.72 Å². The van der Waals surface area contributed by atoms with Gasteiger partial charge in [0.2, 0.25) is 0 Å². The predicted molar refractivity (Wildman–Crippen MR) is 93.3 cm³/mol. The molecule has 0 aliphatic heterocycles. The highest BCUT2D eigenvalue weighted by atomic mass is 35.5. The first-order chi connectivity index (χ1) is 12.3. The average Bonchev–Trinajstić information content (AvgIpc) is 3.09. The van der Waals surface area contributed by atoms with Crippen LogP contribution in [0.3, 0.4) is 0 Å². The van der Waals surface area contributed by atoms with Crippen molar-refractivity contribution in [1.29, 1.82) is 0 Å². The van der Waals surface area contributed by atoms with Gasteiger partial charge in [-0.1, -0.05) is 17.7 Å². The van der Waals surface area contributed by atoms with Gasteiger partial charge in [-0.2, -0.15) is 37.2 Å². The van der Waals surface area contributed by atoms with Gasteiger partial charge < -0.3 is 0 Å². The van der Waals surface area contributed by atoms with E-state index in [1.165, 1.54) is 16.8 Å². The molecule has 148 valence electrons. The van der Waals surface area contributed by atoms with Crippen LogP contribution in [-0.4, -0.2) is 31.9 Å². The number of hydrogen-bond donors (Lipinski definition) is 1. The van der Waals surface area contributed by atoms with Crippen molar-refractivity contribution in [3.8, 4) is 0 Å². The third-order valence-corrected chi connectivity index (χ3v) is 6.53. The molecule has 1 N–H and O–H groups in total. The fourth-order valence-corrected chi connectivity index (χ4v) is 4.20. The maximum absolute atomic E-state index is 13.9. The van der Waals surface area contributed by atoms with E-state index in [1.807, 2.05) is 0 Å². The summed E-state index contributed by atoms with van der Waals surface area (Å²) in [4.78, 5) is 12.0. The highest BCUT2D eigenvalue weighted by molar-refractivity contribution is 7.87. The van der Waals surface area contributed by atoms with E-state index in [4.69, 9.17) is 11.6 Å². The summed E-state index contributed by atoms with van der Waals surface area (Å²) in [5.41, 5.74) is -3.75. The molecule has 0 unspecified atom stereocenters. The molecule has 1 atom stereocenters. The van der Waals surface area contributed by atoms with E-state index in [0.29, 0.717) is 26.1 Å². The Kier molecular flexibility index (Phi) is 5.91. The van der Waals surface area contributed by atoms with E-state index in [1.54, 1.807) is 4.72 Å². The van der Waals surface area contributed by atoms with Crippen LogP contribution >= 0.6 is 22.9 Å². The van der Waals surface area contributed by atoms with E-state index in [-0.39, 0.29) is 9.87 Å². The fourth-order valence-electron chi connectivity index (χ4n) is 2.20. The molecule has 2 rings (SSSR count). The van der Waals surface area contributed by atoms with Crippen molar-refractivity contribution in [2.75, 3.05) is 7.05 Å². The van der Waals surface area contributed by atoms with Gasteiger partial charge in [0.15, 0.2) is 5.54 Å². The number of carbonyl (C=O) groups excluding carboxylic acids is 1. The third-order valence-electron chi connectivity index (χ3n) is 4.03. The number of nitrogens with zero attached hydrogens (tertiary/aromatic N) is 1. The second-order valence-electron chi connectivity index (χ2n) is 5.61. The third kappa shape index (κ3) is 4.10. The van der Waals surface area contributed by atoms with E-state index in [0.717, 1.165) is 17.4 Å². The minimum absolute atomic E-state index is 0.0180. The SMILES string of the molecule is CN([C@](C)(c1ccc(F)c(Cl)c1)C(F)(F)F)S(=O)(=O)NC(=O)c1ccsc1. The van der Waals surface area contributed by atoms with Crippen LogP contribution in [0, 0.1) is 5.82 Å². The van der Waals surface area contributed by atoms with Crippen molar-refractivity contribution < 1.29 is 30.8 Å². The summed E-state index contributed by atoms with van der Waals surface area (Å²) in [6.07, 6.45) is -5.11. The van der Waals surface area contributed by atoms with Crippen LogP contribution in [0.5, 0.6) is 0 Å². The van der Waals surface area contributed by atoms with Gasteiger partial charge in [0.1, 0.15) is 5.82 Å². The number of nitrogens with one attached hydrogen (secondary N) is 1. The van der Waals surface area contributed by atoms with Gasteiger partial charge in [0.05, 0.1) is 10.6 Å². The molecular weight excluding hydrogens is 432 g/mol. The molecule has 0 spiro atoms. The zero-order valence-corrected chi connectivity index (χ0v) is 16.2. The summed E-state index contributed by atoms with van der Waals surface area (Å²) < 4.78 is 81.4. The quantitative estimate of drug-likeness (QED) is 0.711. The lowest BCUT2D eigenvalue weighted by Gasteiger charge is -2.39. The van der Waals surface area contributed by atoms with Crippen molar-refractivity contribution in [2.45, 2.75) is 18.6 Å². The van der Waals surface area contributed by atoms with Gasteiger partial charge in [-0.15, -0.1) is 0 Å². The number of alkyl halides is 3. The summed E-state index contributed by atoms with van der Waals surface area (Å²) in [7, 11) is -4.26. The molecule has 1 aromatic heterocycles. The molecule has 1 aromatic carbocycles. The molecule has 0 aliphatic rings. The number of carbonyl (C=O) groups is 1. The summed E-state index contributed by atoms with van der Waals surface area (Å²) >= 11 is 6.67. The standard InChI is InChI=1S/C15H13ClF4N2O3S2/c1-14(15(18,19)20,10-3-4-12(17)11(16)7-10)22(2)27(24,25)21-13(23)9-5-6-26-8-9/h3-8H,1-2H3,(H,21,23)/t14-/m1/s1. The van der Waals surface area contributed by atoms with Gasteiger partial charge in [0.25, 0.3) is 5.91 Å². The van der Waals surface area contributed by atoms with Crippen molar-refractivity contribution in [2.24, 2.45) is 0 Å². The molecule has 0 radical (unpaired) electrons. The molecule has 5 nitrogen and oxygen atoms in total. The molecular formula is C15H13ClF4N2O3S2. The van der Waals surface area contributed by atoms with E-state index < -0.39 is 44.2 Å². The van der Waals surface area contributed by atoms with E-state index in [2.05, 4.69) is 0 Å². The molecule has 12 heteroatoms. The Hall–Kier alpha value is -1.69. The lowest BCUT2D eigenvalue weighted by molar-refractivity contribution is -0.213. The van der Waals surface area contributed by atoms with Crippen molar-refractivity contribution in [3.63, 3.8) is 0 Å². The first-order valence-electron chi connectivity index (χ1n) is 7.16. The Morgan fingerprint density at radius 1 is 1.26 bits per heavy atom. The Morgan fingerprint density at radius 2 is 1.89 bits per heavy atom. The van der Waals surface area contributed by atoms with Crippen molar-refractivity contribution in [3.05, 3.63) is 57.0 Å². The van der Waals surface area contributed by atoms with Crippen molar-refractivity contribution >= 4 is 39.1 Å². The van der Waals surface area contributed by atoms with Crippen LogP contribution in [0.25, 0.3) is 0 Å². The molecule has 0 bridgehead atoms. The Labute approximate surface area is 161 Å². The lowest BCUT2D eigenvalue weighted by atomic mass is 9.91. The normalized spacial score (nSPS) is 14.8. The number of halogens is 5. The number of hydrogen-bond acceptors (Lipinski definition) is 4. The maximum atomic E-state index is 13.9. The molecule has 27 heavy (non-hydrogen) atoms. The fraction of sp³-hybridized carbons (Fsp3) is 0.267. The van der Waals surface area contributed by atoms with E-state index >= 15 is 0 Å². The summed E-state index contributed by atoms with van der Waals surface area (Å²) in [6, 6.07) is 3.49. The highest BCUT2D eigenvalue weighted by Crippen LogP contribution is 2.44. The Bertz CT molecular complexity index is 948. The number of thiophene rings is 1. The molecule has 0 aliphatic carbocycles. The zero-order chi connectivity index (χ0) is 20.6. The smallest absolute Gasteiger partial charge is 0.268 e. The molecule has 1 amide bonds. The molecule has 0 saturated heterocycles. The molecule has 2 aromatic rings. The Morgan fingerprint density at radius 3 is 2.37 bits per heavy atom. The van der Waals surface area contributed by atoms with Gasteiger partial charge in [-0.25, -0.2) is 9.11 Å². The number of amides is 1. The summed E-state index contributed by atoms with van der Waals surface area (Å²) in [6.45, 7) is 0.588. The summed E-state index contributed by atoms with van der Waals surface area (Å²) in [5, 5.41) is 2.25. The predicted octanol–water partition coefficient (Wildman–Crippen LogP) is 3.92. The maximum Gasteiger partial charge on any atom is 0.411 e. The molecule has 0 saturated carbocycles. The second-order valence-corrected chi connectivity index (χ2v) is 8.50. The van der Waals surface area contributed by atoms with Crippen LogP contribution in [-0.2, 0) is 15.7 Å². The molecule has 0 fully saturated rings. The van der Waals surface area contributed by atoms with Gasteiger partial charge in [0, 0.05) is 12.4 Å². The van der Waals surface area contributed by atoms with Crippen LogP contribution in [0.2, 0.25) is 5.02 Å². The highest BCUT2D eigenvalue weighted by Gasteiger charge is 2.58. The van der Waals surface area contributed by atoms with Gasteiger partial charge in [-0.05, 0) is 36.1 Å². The first kappa shape index (κ1) is 21.6. The second kappa shape index (κ2) is 7.38. The first-order valence-corrected chi connectivity index (χ1v) is 9.92. The average molecular weight is 445 g/mol. The Balaban J connectivity index is 2.49. The summed E-state index contributed by atoms with van der Waals surface area (Å²) in [5.74, 6) is -2.04. The topological polar surface area (TPSA) is 66.5 Å². The lowest BCUT2D eigenvalue weighted by Crippen LogP contribution is -2.57. The monoisotopic (exact) mass is 444 g/mol. The van der Waals surface area contributed by atoms with Crippen LogP contribution in [0.15, 0.2) is 35.0 Å². The van der Waals surface area contributed by atoms with Gasteiger partial charge in [-0.3, -0.25) is 4.79 Å². The zero-order valence-electron chi connectivity index (χ0n) is 13.8. The molecule has 1 heterocycles.